The molecule has 0 bridgehead atoms. The highest BCUT2D eigenvalue weighted by molar-refractivity contribution is 7.44. The van der Waals surface area contributed by atoms with Crippen LogP contribution in [0.4, 0.5) is 0 Å². The molecule has 2 N–H and O–H groups in total. The Bertz CT molecular complexity index is 233. The van der Waals surface area contributed by atoms with Gasteiger partial charge < -0.3 is 10.2 Å². The van der Waals surface area contributed by atoms with Crippen LogP contribution in [-0.2, 0) is 9.36 Å². The molecule has 1 fully saturated rings. The van der Waals surface area contributed by atoms with Crippen molar-refractivity contribution in [2.75, 3.05) is 13.2 Å². The molecule has 0 aliphatic carbocycles. The van der Waals surface area contributed by atoms with Crippen LogP contribution < -0.4 is 0 Å². The van der Waals surface area contributed by atoms with E-state index >= 15 is 0 Å². The summed E-state index contributed by atoms with van der Waals surface area (Å²) in [5, 5.41) is 18.2. The van der Waals surface area contributed by atoms with Crippen LogP contribution in [0.15, 0.2) is 0 Å². The van der Waals surface area contributed by atoms with Crippen LogP contribution in [-0.4, -0.2) is 46.3 Å². The van der Waals surface area contributed by atoms with E-state index in [0.29, 0.717) is 13.0 Å². The molecule has 6 heteroatoms. The van der Waals surface area contributed by atoms with E-state index in [4.69, 9.17) is 5.11 Å². The molecule has 1 aliphatic heterocycles. The summed E-state index contributed by atoms with van der Waals surface area (Å²) in [6, 6.07) is -0.672. The first kappa shape index (κ1) is 10.6. The Hall–Kier alpha value is -0.510. The summed E-state index contributed by atoms with van der Waals surface area (Å²) in [7, 11) is -1.76. The normalized spacial score (nSPS) is 27.2. The summed E-state index contributed by atoms with van der Waals surface area (Å²) in [4.78, 5) is 12.1. The van der Waals surface area contributed by atoms with Gasteiger partial charge in [0.05, 0.1) is 0 Å². The van der Waals surface area contributed by atoms with Crippen LogP contribution in [0, 0.1) is 0 Å². The molecule has 1 saturated heterocycles. The number of nitrogens with zero attached hydrogens (tertiary/aromatic N) is 1. The molecule has 1 aliphatic rings. The molecule has 3 unspecified atom stereocenters. The fourth-order valence-corrected chi connectivity index (χ4v) is 2.23. The number of likely N-dealkylation sites (tertiary alicyclic amines) is 1. The zero-order valence-electron chi connectivity index (χ0n) is 7.38. The van der Waals surface area contributed by atoms with Crippen molar-refractivity contribution in [3.8, 4) is 0 Å². The first-order valence-electron chi connectivity index (χ1n) is 4.10. The minimum atomic E-state index is -1.76. The van der Waals surface area contributed by atoms with Gasteiger partial charge in [0.1, 0.15) is 12.7 Å². The van der Waals surface area contributed by atoms with Crippen molar-refractivity contribution in [1.29, 1.82) is 0 Å². The fraction of sp³-hybridized carbons (Fsp3) is 0.857. The van der Waals surface area contributed by atoms with E-state index in [0.717, 1.165) is 6.42 Å². The van der Waals surface area contributed by atoms with Crippen molar-refractivity contribution >= 4 is 13.8 Å². The molecule has 3 atom stereocenters. The molecule has 0 aromatic rings. The highest BCUT2D eigenvalue weighted by Crippen LogP contribution is 2.30. The van der Waals surface area contributed by atoms with Crippen molar-refractivity contribution < 1.29 is 19.6 Å². The number of carboxylic acids is 1. The second-order valence-electron chi connectivity index (χ2n) is 3.13. The van der Waals surface area contributed by atoms with Gasteiger partial charge in [0, 0.05) is 6.54 Å². The lowest BCUT2D eigenvalue weighted by atomic mass is 10.2. The summed E-state index contributed by atoms with van der Waals surface area (Å²) in [5.41, 5.74) is 0. The van der Waals surface area contributed by atoms with Gasteiger partial charge in [-0.1, -0.05) is 4.57 Å². The Kier molecular flexibility index (Phi) is 3.36. The van der Waals surface area contributed by atoms with Gasteiger partial charge in [0.25, 0.3) is 0 Å². The number of carbonyl (C=O) groups is 1. The van der Waals surface area contributed by atoms with Crippen LogP contribution in [0.3, 0.4) is 0 Å². The zero-order valence-corrected chi connectivity index (χ0v) is 8.28. The van der Waals surface area contributed by atoms with Gasteiger partial charge >= 0.3 is 19.7 Å². The lowest BCUT2D eigenvalue weighted by Crippen LogP contribution is -2.41. The first-order chi connectivity index (χ1) is 6.04. The van der Waals surface area contributed by atoms with Gasteiger partial charge in [-0.05, 0) is 12.8 Å². The van der Waals surface area contributed by atoms with E-state index in [2.05, 4.69) is 0 Å². The summed E-state index contributed by atoms with van der Waals surface area (Å²) in [6.45, 7) is 1.91. The monoisotopic (exact) mass is 206 g/mol. The number of aliphatic hydroxyl groups excluding tert-OH is 1. The van der Waals surface area contributed by atoms with Gasteiger partial charge in [-0.2, -0.15) is 0 Å². The molecular formula is C7H13NO4P+. The minimum absolute atomic E-state index is 0.507. The topological polar surface area (TPSA) is 77.8 Å². The predicted octanol–water partition coefficient (Wildman–Crippen LogP) is 0.268. The van der Waals surface area contributed by atoms with Gasteiger partial charge in [-0.15, -0.1) is 0 Å². The molecule has 74 valence electrons. The van der Waals surface area contributed by atoms with Gasteiger partial charge in [0.2, 0.25) is 0 Å². The SMILES string of the molecule is C[P+](=O)C(O)N1CCCC1C(=O)O. The molecule has 0 radical (unpaired) electrons. The van der Waals surface area contributed by atoms with E-state index in [1.165, 1.54) is 11.6 Å². The van der Waals surface area contributed by atoms with Crippen LogP contribution in [0.5, 0.6) is 0 Å². The lowest BCUT2D eigenvalue weighted by molar-refractivity contribution is -0.144. The number of hydrogen-bond acceptors (Lipinski definition) is 4. The summed E-state index contributed by atoms with van der Waals surface area (Å²) in [6.07, 6.45) is 1.26. The summed E-state index contributed by atoms with van der Waals surface area (Å²) >= 11 is 0. The maximum atomic E-state index is 11.0. The third kappa shape index (κ3) is 2.24. The Labute approximate surface area is 77.1 Å². The first-order valence-corrected chi connectivity index (χ1v) is 5.88. The standard InChI is InChI=1S/C7H12NO4P/c1-13(12)7(11)8-4-2-3-5(8)6(9)10/h5,7,11H,2-4H2,1H3/p+1. The summed E-state index contributed by atoms with van der Waals surface area (Å²) < 4.78 is 11.0. The van der Waals surface area contributed by atoms with Crippen LogP contribution >= 0.6 is 7.80 Å². The number of rotatable bonds is 3. The third-order valence-electron chi connectivity index (χ3n) is 2.20. The van der Waals surface area contributed by atoms with Gasteiger partial charge in [0.15, 0.2) is 0 Å². The van der Waals surface area contributed by atoms with E-state index in [1.807, 2.05) is 0 Å². The molecule has 0 aromatic carbocycles. The number of aliphatic carboxylic acids is 1. The Balaban J connectivity index is 2.68. The van der Waals surface area contributed by atoms with Crippen molar-refractivity contribution in [2.45, 2.75) is 24.9 Å². The van der Waals surface area contributed by atoms with Crippen LogP contribution in [0.25, 0.3) is 0 Å². The number of hydrogen-bond donors (Lipinski definition) is 2. The molecule has 0 amide bonds. The quantitative estimate of drug-likeness (QED) is 0.648. The second-order valence-corrected chi connectivity index (χ2v) is 4.68. The Morgan fingerprint density at radius 2 is 2.31 bits per heavy atom. The van der Waals surface area contributed by atoms with Gasteiger partial charge in [-0.3, -0.25) is 4.79 Å². The smallest absolute Gasteiger partial charge is 0.384 e. The highest BCUT2D eigenvalue weighted by Gasteiger charge is 2.41. The average molecular weight is 206 g/mol. The Morgan fingerprint density at radius 1 is 1.69 bits per heavy atom. The van der Waals surface area contributed by atoms with Crippen LogP contribution in [0.2, 0.25) is 0 Å². The maximum absolute atomic E-state index is 11.0. The van der Waals surface area contributed by atoms with Crippen LogP contribution in [0.1, 0.15) is 12.8 Å². The fourth-order valence-electron chi connectivity index (χ4n) is 1.54. The molecule has 13 heavy (non-hydrogen) atoms. The lowest BCUT2D eigenvalue weighted by Gasteiger charge is -2.19. The summed E-state index contributed by atoms with van der Waals surface area (Å²) in [5.74, 6) is -2.06. The van der Waals surface area contributed by atoms with E-state index < -0.39 is 25.8 Å². The minimum Gasteiger partial charge on any atom is -0.480 e. The maximum Gasteiger partial charge on any atom is 0.384 e. The molecule has 0 spiro atoms. The van der Waals surface area contributed by atoms with Crippen molar-refractivity contribution in [1.82, 2.24) is 4.90 Å². The zero-order chi connectivity index (χ0) is 10.0. The molecule has 5 nitrogen and oxygen atoms in total. The van der Waals surface area contributed by atoms with E-state index in [1.54, 1.807) is 0 Å². The molecule has 0 saturated carbocycles. The molecular weight excluding hydrogens is 193 g/mol. The molecule has 1 rings (SSSR count). The van der Waals surface area contributed by atoms with E-state index in [9.17, 15) is 14.5 Å². The van der Waals surface area contributed by atoms with E-state index in [-0.39, 0.29) is 0 Å². The van der Waals surface area contributed by atoms with Gasteiger partial charge in [-0.25, -0.2) is 4.90 Å². The predicted molar refractivity (Wildman–Crippen MR) is 46.9 cm³/mol. The molecule has 0 aromatic heterocycles. The average Bonchev–Trinajstić information content (AvgIpc) is 2.50. The second kappa shape index (κ2) is 4.13. The van der Waals surface area contributed by atoms with Crippen molar-refractivity contribution in [3.05, 3.63) is 0 Å². The third-order valence-corrected chi connectivity index (χ3v) is 3.15. The highest BCUT2D eigenvalue weighted by atomic mass is 31.1. The van der Waals surface area contributed by atoms with Crippen molar-refractivity contribution in [3.63, 3.8) is 0 Å². The van der Waals surface area contributed by atoms with Crippen molar-refractivity contribution in [2.24, 2.45) is 0 Å². The molecule has 1 heterocycles. The largest absolute Gasteiger partial charge is 0.480 e. The number of aliphatic hydroxyl groups is 1. The Morgan fingerprint density at radius 3 is 2.77 bits per heavy atom. The number of carboxylic acid groups (broad SMARTS) is 1.